The number of nitro benzene ring substituents is 1. The van der Waals surface area contributed by atoms with E-state index in [1.807, 2.05) is 30.3 Å². The van der Waals surface area contributed by atoms with Crippen molar-refractivity contribution in [3.63, 3.8) is 0 Å². The summed E-state index contributed by atoms with van der Waals surface area (Å²) in [6.45, 7) is 0.932. The summed E-state index contributed by atoms with van der Waals surface area (Å²) in [5, 5.41) is 15.1. The highest BCUT2D eigenvalue weighted by Gasteiger charge is 2.34. The van der Waals surface area contributed by atoms with Gasteiger partial charge in [-0.05, 0) is 49.3 Å². The summed E-state index contributed by atoms with van der Waals surface area (Å²) in [4.78, 5) is 11.2. The molecule has 1 atom stereocenters. The molecular weight excluding hydrogens is 390 g/mol. The Morgan fingerprint density at radius 2 is 1.72 bits per heavy atom. The third-order valence-corrected chi connectivity index (χ3v) is 7.58. The monoisotopic (exact) mass is 415 g/mol. The summed E-state index contributed by atoms with van der Waals surface area (Å²) >= 11 is 0. The summed E-state index contributed by atoms with van der Waals surface area (Å²) in [6, 6.07) is 14.1. The number of nitrogens with zero attached hydrogens (tertiary/aromatic N) is 2. The van der Waals surface area contributed by atoms with E-state index in [9.17, 15) is 18.5 Å². The van der Waals surface area contributed by atoms with Crippen LogP contribution < -0.4 is 5.32 Å². The number of hydrogen-bond acceptors (Lipinski definition) is 5. The highest BCUT2D eigenvalue weighted by atomic mass is 32.2. The van der Waals surface area contributed by atoms with Crippen molar-refractivity contribution in [1.82, 2.24) is 4.31 Å². The number of hydrogen-bond donors (Lipinski definition) is 1. The van der Waals surface area contributed by atoms with Gasteiger partial charge in [-0.3, -0.25) is 10.1 Å². The topological polar surface area (TPSA) is 92.5 Å². The quantitative estimate of drug-likeness (QED) is 0.537. The Morgan fingerprint density at radius 3 is 2.34 bits per heavy atom. The number of anilines is 1. The van der Waals surface area contributed by atoms with Gasteiger partial charge in [0.1, 0.15) is 5.69 Å². The van der Waals surface area contributed by atoms with Crippen molar-refractivity contribution in [3.05, 3.63) is 64.2 Å². The molecule has 1 saturated carbocycles. The Balaban J connectivity index is 1.65. The van der Waals surface area contributed by atoms with Crippen LogP contribution in [0.3, 0.4) is 0 Å². The SMILES string of the molecule is O=[N+]([O-])c1cc(S(=O)(=O)N2CCCCC2)ccc1N[C@H](c1ccccc1)C1CC1. The Morgan fingerprint density at radius 1 is 1.03 bits per heavy atom. The van der Waals surface area contributed by atoms with Crippen molar-refractivity contribution in [1.29, 1.82) is 0 Å². The van der Waals surface area contributed by atoms with Crippen LogP contribution in [0.25, 0.3) is 0 Å². The van der Waals surface area contributed by atoms with Crippen molar-refractivity contribution in [2.75, 3.05) is 18.4 Å². The van der Waals surface area contributed by atoms with Crippen molar-refractivity contribution >= 4 is 21.4 Å². The van der Waals surface area contributed by atoms with Gasteiger partial charge >= 0.3 is 0 Å². The van der Waals surface area contributed by atoms with E-state index in [1.54, 1.807) is 0 Å². The average Bonchev–Trinajstić information content (AvgIpc) is 3.58. The summed E-state index contributed by atoms with van der Waals surface area (Å²) in [7, 11) is -3.72. The second kappa shape index (κ2) is 8.12. The summed E-state index contributed by atoms with van der Waals surface area (Å²) in [5.74, 6) is 0.425. The predicted molar refractivity (Wildman–Crippen MR) is 111 cm³/mol. The summed E-state index contributed by atoms with van der Waals surface area (Å²) in [6.07, 6.45) is 4.79. The van der Waals surface area contributed by atoms with Gasteiger partial charge in [0.05, 0.1) is 15.9 Å². The van der Waals surface area contributed by atoms with Gasteiger partial charge in [-0.1, -0.05) is 36.8 Å². The average molecular weight is 416 g/mol. The highest BCUT2D eigenvalue weighted by molar-refractivity contribution is 7.89. The van der Waals surface area contributed by atoms with Gasteiger partial charge in [0.2, 0.25) is 10.0 Å². The van der Waals surface area contributed by atoms with Crippen molar-refractivity contribution in [3.8, 4) is 0 Å². The first-order valence-electron chi connectivity index (χ1n) is 10.1. The van der Waals surface area contributed by atoms with Gasteiger partial charge < -0.3 is 5.32 Å². The van der Waals surface area contributed by atoms with Crippen LogP contribution in [0.4, 0.5) is 11.4 Å². The van der Waals surface area contributed by atoms with Crippen LogP contribution >= 0.6 is 0 Å². The Kier molecular flexibility index (Phi) is 5.56. The summed E-state index contributed by atoms with van der Waals surface area (Å²) in [5.41, 5.74) is 1.23. The lowest BCUT2D eigenvalue weighted by Crippen LogP contribution is -2.35. The first-order valence-corrected chi connectivity index (χ1v) is 11.5. The van der Waals surface area contributed by atoms with E-state index in [0.717, 1.165) is 37.7 Å². The van der Waals surface area contributed by atoms with Gasteiger partial charge in [0.15, 0.2) is 0 Å². The summed E-state index contributed by atoms with van der Waals surface area (Å²) < 4.78 is 27.3. The largest absolute Gasteiger partial charge is 0.372 e. The maximum atomic E-state index is 12.9. The second-order valence-electron chi connectivity index (χ2n) is 7.77. The molecule has 0 unspecified atom stereocenters. The predicted octanol–water partition coefficient (Wildman–Crippen LogP) is 4.33. The molecular formula is C21H25N3O4S. The number of sulfonamides is 1. The number of rotatable bonds is 7. The van der Waals surface area contributed by atoms with Gasteiger partial charge in [-0.15, -0.1) is 0 Å². The zero-order valence-corrected chi connectivity index (χ0v) is 17.0. The lowest BCUT2D eigenvalue weighted by Gasteiger charge is -2.26. The fourth-order valence-corrected chi connectivity index (χ4v) is 5.47. The molecule has 2 aromatic rings. The van der Waals surface area contributed by atoms with Gasteiger partial charge in [-0.2, -0.15) is 4.31 Å². The van der Waals surface area contributed by atoms with Crippen molar-refractivity contribution in [2.24, 2.45) is 5.92 Å². The normalized spacial score (nSPS) is 18.9. The molecule has 2 fully saturated rings. The number of piperidine rings is 1. The molecule has 1 aliphatic carbocycles. The smallest absolute Gasteiger partial charge is 0.293 e. The van der Waals surface area contributed by atoms with Crippen LogP contribution in [0.15, 0.2) is 53.4 Å². The molecule has 154 valence electrons. The first kappa shape index (κ1) is 19.8. The Hall–Kier alpha value is -2.45. The van der Waals surface area contributed by atoms with Crippen LogP contribution in [0.1, 0.15) is 43.7 Å². The van der Waals surface area contributed by atoms with E-state index < -0.39 is 14.9 Å². The minimum Gasteiger partial charge on any atom is -0.372 e. The molecule has 0 bridgehead atoms. The van der Waals surface area contributed by atoms with E-state index in [4.69, 9.17) is 0 Å². The van der Waals surface area contributed by atoms with Crippen LogP contribution in [0, 0.1) is 16.0 Å². The molecule has 7 nitrogen and oxygen atoms in total. The molecule has 2 aromatic carbocycles. The molecule has 0 spiro atoms. The standard InChI is InChI=1S/C21H25N3O4S/c25-24(26)20-15-18(29(27,28)23-13-5-2-6-14-23)11-12-19(20)22-21(17-9-10-17)16-7-3-1-4-8-16/h1,3-4,7-8,11-12,15,17,21-22H,2,5-6,9-10,13-14H2/t21-/m1/s1. The lowest BCUT2D eigenvalue weighted by atomic mass is 10.0. The molecule has 8 heteroatoms. The highest BCUT2D eigenvalue weighted by Crippen LogP contribution is 2.44. The third-order valence-electron chi connectivity index (χ3n) is 5.68. The van der Waals surface area contributed by atoms with Crippen LogP contribution in [0.2, 0.25) is 0 Å². The number of nitrogens with one attached hydrogen (secondary N) is 1. The number of nitro groups is 1. The third kappa shape index (κ3) is 4.28. The van der Waals surface area contributed by atoms with Gasteiger partial charge in [0, 0.05) is 19.2 Å². The molecule has 1 N–H and O–H groups in total. The van der Waals surface area contributed by atoms with Crippen LogP contribution in [-0.2, 0) is 10.0 Å². The molecule has 1 saturated heterocycles. The second-order valence-corrected chi connectivity index (χ2v) is 9.71. The minimum absolute atomic E-state index is 0.0145. The Labute approximate surface area is 170 Å². The minimum atomic E-state index is -3.72. The zero-order chi connectivity index (χ0) is 20.4. The molecule has 0 aromatic heterocycles. The molecule has 29 heavy (non-hydrogen) atoms. The first-order chi connectivity index (χ1) is 14.0. The van der Waals surface area contributed by atoms with E-state index in [1.165, 1.54) is 22.5 Å². The molecule has 4 rings (SSSR count). The maximum absolute atomic E-state index is 12.9. The van der Waals surface area contributed by atoms with Crippen LogP contribution in [0.5, 0.6) is 0 Å². The van der Waals surface area contributed by atoms with E-state index in [-0.39, 0.29) is 16.6 Å². The van der Waals surface area contributed by atoms with Crippen molar-refractivity contribution in [2.45, 2.75) is 43.0 Å². The molecule has 1 heterocycles. The lowest BCUT2D eigenvalue weighted by molar-refractivity contribution is -0.384. The zero-order valence-electron chi connectivity index (χ0n) is 16.2. The molecule has 2 aliphatic rings. The molecule has 0 radical (unpaired) electrons. The van der Waals surface area contributed by atoms with Gasteiger partial charge in [0.25, 0.3) is 5.69 Å². The number of benzene rings is 2. The van der Waals surface area contributed by atoms with E-state index >= 15 is 0 Å². The van der Waals surface area contributed by atoms with Crippen LogP contribution in [-0.4, -0.2) is 30.7 Å². The van der Waals surface area contributed by atoms with Gasteiger partial charge in [-0.25, -0.2) is 8.42 Å². The van der Waals surface area contributed by atoms with E-state index in [0.29, 0.717) is 24.7 Å². The van der Waals surface area contributed by atoms with E-state index in [2.05, 4.69) is 5.32 Å². The maximum Gasteiger partial charge on any atom is 0.293 e. The fraction of sp³-hybridized carbons (Fsp3) is 0.429. The molecule has 1 aliphatic heterocycles. The Bertz CT molecular complexity index is 984. The van der Waals surface area contributed by atoms with Crippen molar-refractivity contribution < 1.29 is 13.3 Å². The fourth-order valence-electron chi connectivity index (χ4n) is 3.93. The molecule has 0 amide bonds.